The number of likely N-dealkylation sites (tertiary alicyclic amines) is 1. The third-order valence-electron chi connectivity index (χ3n) is 2.42. The van der Waals surface area contributed by atoms with Crippen molar-refractivity contribution in [1.82, 2.24) is 10.2 Å². The van der Waals surface area contributed by atoms with E-state index >= 15 is 0 Å². The zero-order valence-corrected chi connectivity index (χ0v) is 8.83. The molecule has 4 nitrogen and oxygen atoms in total. The second-order valence-corrected chi connectivity index (χ2v) is 3.92. The smallest absolute Gasteiger partial charge is 0.236 e. The molecule has 1 heterocycles. The fourth-order valence-corrected chi connectivity index (χ4v) is 1.64. The summed E-state index contributed by atoms with van der Waals surface area (Å²) in [6, 6.07) is 0. The van der Waals surface area contributed by atoms with Crippen molar-refractivity contribution in [1.29, 1.82) is 0 Å². The fourth-order valence-electron chi connectivity index (χ4n) is 1.64. The van der Waals surface area contributed by atoms with Crippen LogP contribution in [0.3, 0.4) is 0 Å². The largest absolute Gasteiger partial charge is 0.392 e. The minimum Gasteiger partial charge on any atom is -0.392 e. The van der Waals surface area contributed by atoms with Crippen molar-refractivity contribution in [3.8, 4) is 0 Å². The van der Waals surface area contributed by atoms with Gasteiger partial charge in [-0.25, -0.2) is 0 Å². The summed E-state index contributed by atoms with van der Waals surface area (Å²) < 4.78 is 0. The van der Waals surface area contributed by atoms with Gasteiger partial charge in [0.05, 0.1) is 12.6 Å². The maximum absolute atomic E-state index is 11.6. The molecule has 82 valence electrons. The van der Waals surface area contributed by atoms with Crippen molar-refractivity contribution in [3.05, 3.63) is 0 Å². The van der Waals surface area contributed by atoms with Crippen LogP contribution >= 0.6 is 0 Å². The maximum atomic E-state index is 11.6. The highest BCUT2D eigenvalue weighted by Crippen LogP contribution is 2.07. The minimum absolute atomic E-state index is 0.158. The van der Waals surface area contributed by atoms with Gasteiger partial charge in [-0.05, 0) is 26.2 Å². The van der Waals surface area contributed by atoms with Gasteiger partial charge in [0, 0.05) is 19.6 Å². The molecule has 0 aromatic carbocycles. The second-order valence-electron chi connectivity index (χ2n) is 3.92. The first kappa shape index (κ1) is 11.5. The molecule has 0 saturated carbocycles. The van der Waals surface area contributed by atoms with Crippen LogP contribution in [-0.4, -0.2) is 48.2 Å². The monoisotopic (exact) mass is 200 g/mol. The summed E-state index contributed by atoms with van der Waals surface area (Å²) in [5, 5.41) is 11.9. The normalized spacial score (nSPS) is 19.4. The summed E-state index contributed by atoms with van der Waals surface area (Å²) in [5.41, 5.74) is 0. The van der Waals surface area contributed by atoms with Gasteiger partial charge in [-0.2, -0.15) is 0 Å². The molecule has 1 aliphatic heterocycles. The number of nitrogens with one attached hydrogen (secondary N) is 1. The molecule has 0 aromatic rings. The average molecular weight is 200 g/mol. The summed E-state index contributed by atoms with van der Waals surface area (Å²) in [7, 11) is 0. The van der Waals surface area contributed by atoms with Crippen molar-refractivity contribution in [2.24, 2.45) is 0 Å². The van der Waals surface area contributed by atoms with Gasteiger partial charge in [0.1, 0.15) is 0 Å². The Balaban J connectivity index is 2.13. The highest BCUT2D eigenvalue weighted by molar-refractivity contribution is 5.78. The highest BCUT2D eigenvalue weighted by Gasteiger charge is 2.15. The summed E-state index contributed by atoms with van der Waals surface area (Å²) in [5.74, 6) is 0.158. The number of hydrogen-bond acceptors (Lipinski definition) is 3. The van der Waals surface area contributed by atoms with Crippen molar-refractivity contribution in [2.75, 3.05) is 26.2 Å². The van der Waals surface area contributed by atoms with Crippen molar-refractivity contribution >= 4 is 5.91 Å². The number of carbonyl (C=O) groups excluding carboxylic acids is 1. The van der Waals surface area contributed by atoms with E-state index in [0.29, 0.717) is 13.1 Å². The van der Waals surface area contributed by atoms with E-state index in [1.54, 1.807) is 6.92 Å². The van der Waals surface area contributed by atoms with Crippen LogP contribution in [0.2, 0.25) is 0 Å². The van der Waals surface area contributed by atoms with Gasteiger partial charge in [0.15, 0.2) is 0 Å². The van der Waals surface area contributed by atoms with Gasteiger partial charge in [0.2, 0.25) is 5.91 Å². The molecule has 1 saturated heterocycles. The van der Waals surface area contributed by atoms with E-state index in [1.807, 2.05) is 4.90 Å². The minimum atomic E-state index is -0.385. The lowest BCUT2D eigenvalue weighted by atomic mass is 10.1. The molecule has 1 amide bonds. The summed E-state index contributed by atoms with van der Waals surface area (Å²) in [6.45, 7) is 4.34. The number of nitrogens with zero attached hydrogens (tertiary/aromatic N) is 1. The van der Waals surface area contributed by atoms with Crippen molar-refractivity contribution in [3.63, 3.8) is 0 Å². The Morgan fingerprint density at radius 1 is 1.43 bits per heavy atom. The molecule has 0 bridgehead atoms. The molecule has 0 unspecified atom stereocenters. The van der Waals surface area contributed by atoms with Gasteiger partial charge >= 0.3 is 0 Å². The molecular formula is C10H20N2O2. The van der Waals surface area contributed by atoms with Crippen LogP contribution in [0.5, 0.6) is 0 Å². The molecule has 0 aromatic heterocycles. The van der Waals surface area contributed by atoms with Gasteiger partial charge in [-0.15, -0.1) is 0 Å². The van der Waals surface area contributed by atoms with Crippen LogP contribution in [-0.2, 0) is 4.79 Å². The molecule has 0 spiro atoms. The summed E-state index contributed by atoms with van der Waals surface area (Å²) >= 11 is 0. The van der Waals surface area contributed by atoms with E-state index in [1.165, 1.54) is 6.42 Å². The molecule has 1 fully saturated rings. The number of aliphatic hydroxyl groups excluding tert-OH is 1. The Bertz CT molecular complexity index is 177. The van der Waals surface area contributed by atoms with Gasteiger partial charge < -0.3 is 15.3 Å². The van der Waals surface area contributed by atoms with Gasteiger partial charge in [-0.1, -0.05) is 0 Å². The number of carbonyl (C=O) groups is 1. The SMILES string of the molecule is C[C@@H](O)CNCC(=O)N1CCCCC1. The highest BCUT2D eigenvalue weighted by atomic mass is 16.3. The number of aliphatic hydroxyl groups is 1. The van der Waals surface area contributed by atoms with E-state index < -0.39 is 0 Å². The number of amides is 1. The number of hydrogen-bond donors (Lipinski definition) is 2. The fraction of sp³-hybridized carbons (Fsp3) is 0.900. The molecule has 14 heavy (non-hydrogen) atoms. The summed E-state index contributed by atoms with van der Waals surface area (Å²) in [4.78, 5) is 13.5. The lowest BCUT2D eigenvalue weighted by molar-refractivity contribution is -0.131. The maximum Gasteiger partial charge on any atom is 0.236 e. The first-order chi connectivity index (χ1) is 6.70. The average Bonchev–Trinajstić information content (AvgIpc) is 2.18. The topological polar surface area (TPSA) is 52.6 Å². The van der Waals surface area contributed by atoms with Gasteiger partial charge in [0.25, 0.3) is 0 Å². The Labute approximate surface area is 85.3 Å². The predicted molar refractivity (Wildman–Crippen MR) is 55.0 cm³/mol. The first-order valence-corrected chi connectivity index (χ1v) is 5.36. The quantitative estimate of drug-likeness (QED) is 0.670. The molecule has 1 aliphatic rings. The van der Waals surface area contributed by atoms with E-state index in [9.17, 15) is 4.79 Å². The molecule has 1 atom stereocenters. The number of rotatable bonds is 4. The molecule has 0 radical (unpaired) electrons. The Morgan fingerprint density at radius 3 is 2.64 bits per heavy atom. The van der Waals surface area contributed by atoms with E-state index in [-0.39, 0.29) is 12.0 Å². The molecule has 4 heteroatoms. The second kappa shape index (κ2) is 5.98. The lowest BCUT2D eigenvalue weighted by Gasteiger charge is -2.26. The molecule has 1 rings (SSSR count). The van der Waals surface area contributed by atoms with Crippen LogP contribution in [0, 0.1) is 0 Å². The van der Waals surface area contributed by atoms with Crippen molar-refractivity contribution < 1.29 is 9.90 Å². The van der Waals surface area contributed by atoms with Crippen LogP contribution in [0.4, 0.5) is 0 Å². The van der Waals surface area contributed by atoms with Gasteiger partial charge in [-0.3, -0.25) is 4.79 Å². The van der Waals surface area contributed by atoms with Crippen molar-refractivity contribution in [2.45, 2.75) is 32.3 Å². The number of piperidine rings is 1. The van der Waals surface area contributed by atoms with E-state index in [0.717, 1.165) is 25.9 Å². The predicted octanol–water partition coefficient (Wildman–Crippen LogP) is -0.0307. The standard InChI is InChI=1S/C10H20N2O2/c1-9(13)7-11-8-10(14)12-5-3-2-4-6-12/h9,11,13H,2-8H2,1H3/t9-/m1/s1. The molecular weight excluding hydrogens is 180 g/mol. The van der Waals surface area contributed by atoms with E-state index in [2.05, 4.69) is 5.32 Å². The summed E-state index contributed by atoms with van der Waals surface area (Å²) in [6.07, 6.45) is 3.11. The van der Waals surface area contributed by atoms with E-state index in [4.69, 9.17) is 5.11 Å². The third kappa shape index (κ3) is 4.07. The van der Waals surface area contributed by atoms with Crippen LogP contribution in [0.15, 0.2) is 0 Å². The zero-order valence-electron chi connectivity index (χ0n) is 8.83. The third-order valence-corrected chi connectivity index (χ3v) is 2.42. The van der Waals surface area contributed by atoms with Crippen LogP contribution in [0.25, 0.3) is 0 Å². The Morgan fingerprint density at radius 2 is 2.07 bits per heavy atom. The first-order valence-electron chi connectivity index (χ1n) is 5.36. The van der Waals surface area contributed by atoms with Crippen LogP contribution in [0.1, 0.15) is 26.2 Å². The Hall–Kier alpha value is -0.610. The zero-order chi connectivity index (χ0) is 10.4. The lowest BCUT2D eigenvalue weighted by Crippen LogP contribution is -2.42. The van der Waals surface area contributed by atoms with Crippen LogP contribution < -0.4 is 5.32 Å². The molecule has 0 aliphatic carbocycles. The Kier molecular flexibility index (Phi) is 4.90. The molecule has 2 N–H and O–H groups in total.